The molecule has 0 aromatic heterocycles. The summed E-state index contributed by atoms with van der Waals surface area (Å²) in [4.78, 5) is 15.0. The maximum Gasteiger partial charge on any atom is 0.225 e. The minimum absolute atomic E-state index is 0.303. The summed E-state index contributed by atoms with van der Waals surface area (Å²) in [5.74, 6) is 1.30. The number of hydrogen-bond acceptors (Lipinski definition) is 2. The maximum atomic E-state index is 12.9. The van der Waals surface area contributed by atoms with Gasteiger partial charge in [-0.2, -0.15) is 0 Å². The van der Waals surface area contributed by atoms with Gasteiger partial charge in [0.25, 0.3) is 0 Å². The molecule has 3 nitrogen and oxygen atoms in total. The Bertz CT molecular complexity index is 289. The third kappa shape index (κ3) is 4.76. The van der Waals surface area contributed by atoms with Crippen LogP contribution in [0.25, 0.3) is 0 Å². The van der Waals surface area contributed by atoms with E-state index in [-0.39, 0.29) is 0 Å². The van der Waals surface area contributed by atoms with Gasteiger partial charge in [0.1, 0.15) is 0 Å². The van der Waals surface area contributed by atoms with Crippen molar-refractivity contribution in [2.24, 2.45) is 11.8 Å². The highest BCUT2D eigenvalue weighted by Crippen LogP contribution is 2.25. The van der Waals surface area contributed by atoms with Crippen molar-refractivity contribution in [2.75, 3.05) is 19.6 Å². The van der Waals surface area contributed by atoms with Gasteiger partial charge in [-0.15, -0.1) is 0 Å². The second-order valence-electron chi connectivity index (χ2n) is 7.12. The Morgan fingerprint density at radius 3 is 2.35 bits per heavy atom. The van der Waals surface area contributed by atoms with Gasteiger partial charge in [-0.25, -0.2) is 0 Å². The minimum atomic E-state index is 0.303. The number of amides is 1. The number of carbonyl (C=O) groups excluding carboxylic acids is 1. The molecular formula is C17H32N2O. The molecule has 2 aliphatic rings. The summed E-state index contributed by atoms with van der Waals surface area (Å²) in [6.45, 7) is 7.41. The number of rotatable bonds is 5. The van der Waals surface area contributed by atoms with Crippen molar-refractivity contribution >= 4 is 5.91 Å². The normalized spacial score (nSPS) is 24.9. The van der Waals surface area contributed by atoms with Gasteiger partial charge in [0.05, 0.1) is 0 Å². The van der Waals surface area contributed by atoms with Crippen LogP contribution in [0.4, 0.5) is 0 Å². The molecule has 1 saturated carbocycles. The van der Waals surface area contributed by atoms with E-state index in [1.54, 1.807) is 0 Å². The summed E-state index contributed by atoms with van der Waals surface area (Å²) in [5.41, 5.74) is 0. The number of carbonyl (C=O) groups is 1. The van der Waals surface area contributed by atoms with Crippen molar-refractivity contribution < 1.29 is 4.79 Å². The average Bonchev–Trinajstić information content (AvgIpc) is 2.76. The third-order valence-electron chi connectivity index (χ3n) is 4.70. The lowest BCUT2D eigenvalue weighted by Crippen LogP contribution is -2.45. The van der Waals surface area contributed by atoms with Crippen molar-refractivity contribution in [1.29, 1.82) is 0 Å². The van der Waals surface area contributed by atoms with Gasteiger partial charge in [0, 0.05) is 25.0 Å². The van der Waals surface area contributed by atoms with Crippen LogP contribution >= 0.6 is 0 Å². The fourth-order valence-electron chi connectivity index (χ4n) is 3.66. The maximum absolute atomic E-state index is 12.9. The Kier molecular flexibility index (Phi) is 6.34. The van der Waals surface area contributed by atoms with E-state index in [2.05, 4.69) is 24.1 Å². The summed E-state index contributed by atoms with van der Waals surface area (Å²) in [5, 5.41) is 3.54. The Labute approximate surface area is 124 Å². The molecule has 116 valence electrons. The van der Waals surface area contributed by atoms with Gasteiger partial charge >= 0.3 is 0 Å². The molecule has 1 saturated heterocycles. The number of hydrogen-bond donors (Lipinski definition) is 1. The smallest absolute Gasteiger partial charge is 0.225 e. The first-order chi connectivity index (χ1) is 9.66. The molecule has 0 radical (unpaired) electrons. The molecule has 0 aromatic rings. The molecular weight excluding hydrogens is 248 g/mol. The topological polar surface area (TPSA) is 32.3 Å². The summed E-state index contributed by atoms with van der Waals surface area (Å²) in [6, 6.07) is 0.531. The first-order valence-electron chi connectivity index (χ1n) is 8.69. The highest BCUT2D eigenvalue weighted by molar-refractivity contribution is 5.79. The molecule has 0 bridgehead atoms. The van der Waals surface area contributed by atoms with Crippen molar-refractivity contribution in [2.45, 2.75) is 71.3 Å². The molecule has 2 fully saturated rings. The molecule has 0 aromatic carbocycles. The molecule has 2 rings (SSSR count). The van der Waals surface area contributed by atoms with Gasteiger partial charge in [-0.05, 0) is 38.1 Å². The van der Waals surface area contributed by atoms with Crippen LogP contribution in [-0.4, -0.2) is 36.5 Å². The zero-order valence-corrected chi connectivity index (χ0v) is 13.4. The highest BCUT2D eigenvalue weighted by Gasteiger charge is 2.28. The van der Waals surface area contributed by atoms with E-state index in [1.807, 2.05) is 0 Å². The summed E-state index contributed by atoms with van der Waals surface area (Å²) < 4.78 is 0. The highest BCUT2D eigenvalue weighted by atomic mass is 16.2. The van der Waals surface area contributed by atoms with E-state index >= 15 is 0 Å². The van der Waals surface area contributed by atoms with Crippen LogP contribution < -0.4 is 5.32 Å². The second kappa shape index (κ2) is 8.02. The van der Waals surface area contributed by atoms with Crippen LogP contribution in [-0.2, 0) is 4.79 Å². The molecule has 1 N–H and O–H groups in total. The van der Waals surface area contributed by atoms with E-state index < -0.39 is 0 Å². The van der Waals surface area contributed by atoms with Gasteiger partial charge in [0.2, 0.25) is 5.91 Å². The quantitative estimate of drug-likeness (QED) is 0.784. The molecule has 20 heavy (non-hydrogen) atoms. The Morgan fingerprint density at radius 1 is 1.10 bits per heavy atom. The van der Waals surface area contributed by atoms with Crippen molar-refractivity contribution in [1.82, 2.24) is 10.2 Å². The predicted octanol–water partition coefficient (Wildman–Crippen LogP) is 3.19. The molecule has 1 aliphatic heterocycles. The Balaban J connectivity index is 1.94. The molecule has 1 amide bonds. The van der Waals surface area contributed by atoms with Crippen LogP contribution in [0.5, 0.6) is 0 Å². The van der Waals surface area contributed by atoms with Crippen LogP contribution in [0.1, 0.15) is 65.2 Å². The first-order valence-corrected chi connectivity index (χ1v) is 8.69. The van der Waals surface area contributed by atoms with Gasteiger partial charge < -0.3 is 10.2 Å². The zero-order chi connectivity index (χ0) is 14.4. The van der Waals surface area contributed by atoms with E-state index in [0.29, 0.717) is 23.8 Å². The van der Waals surface area contributed by atoms with E-state index in [4.69, 9.17) is 0 Å². The van der Waals surface area contributed by atoms with Gasteiger partial charge in [0.15, 0.2) is 0 Å². The lowest BCUT2D eigenvalue weighted by Gasteiger charge is -2.30. The van der Waals surface area contributed by atoms with Crippen molar-refractivity contribution in [3.8, 4) is 0 Å². The predicted molar refractivity (Wildman–Crippen MR) is 83.6 cm³/mol. The number of nitrogens with zero attached hydrogens (tertiary/aromatic N) is 1. The van der Waals surface area contributed by atoms with Crippen LogP contribution in [0, 0.1) is 11.8 Å². The average molecular weight is 280 g/mol. The first kappa shape index (κ1) is 15.8. The lowest BCUT2D eigenvalue weighted by molar-refractivity contribution is -0.136. The summed E-state index contributed by atoms with van der Waals surface area (Å²) >= 11 is 0. The Morgan fingerprint density at radius 2 is 1.80 bits per heavy atom. The van der Waals surface area contributed by atoms with Crippen LogP contribution in [0.2, 0.25) is 0 Å². The summed E-state index contributed by atoms with van der Waals surface area (Å²) in [6.07, 6.45) is 9.85. The fourth-order valence-corrected chi connectivity index (χ4v) is 3.66. The fraction of sp³-hybridized carbons (Fsp3) is 0.941. The summed E-state index contributed by atoms with van der Waals surface area (Å²) in [7, 11) is 0. The van der Waals surface area contributed by atoms with Crippen LogP contribution in [0.3, 0.4) is 0 Å². The van der Waals surface area contributed by atoms with E-state index in [0.717, 1.165) is 32.5 Å². The molecule has 1 aliphatic carbocycles. The second-order valence-corrected chi connectivity index (χ2v) is 7.12. The molecule has 1 atom stereocenters. The van der Waals surface area contributed by atoms with Crippen molar-refractivity contribution in [3.05, 3.63) is 0 Å². The molecule has 1 heterocycles. The Hall–Kier alpha value is -0.570. The standard InChI is InChI=1S/C17H32N2O/c1-14(2)12-19(13-16-10-7-11-18-16)17(20)15-8-5-3-4-6-9-15/h14-16,18H,3-13H2,1-2H3. The van der Waals surface area contributed by atoms with E-state index in [9.17, 15) is 4.79 Å². The molecule has 3 heteroatoms. The zero-order valence-electron chi connectivity index (χ0n) is 13.4. The third-order valence-corrected chi connectivity index (χ3v) is 4.70. The number of nitrogens with one attached hydrogen (secondary N) is 1. The van der Waals surface area contributed by atoms with Gasteiger partial charge in [-0.3, -0.25) is 4.79 Å². The monoisotopic (exact) mass is 280 g/mol. The van der Waals surface area contributed by atoms with Gasteiger partial charge in [-0.1, -0.05) is 39.5 Å². The van der Waals surface area contributed by atoms with E-state index in [1.165, 1.54) is 38.5 Å². The van der Waals surface area contributed by atoms with Crippen molar-refractivity contribution in [3.63, 3.8) is 0 Å². The largest absolute Gasteiger partial charge is 0.341 e. The SMILES string of the molecule is CC(C)CN(CC1CCCN1)C(=O)C1CCCCCC1. The minimum Gasteiger partial charge on any atom is -0.341 e. The molecule has 0 spiro atoms. The lowest BCUT2D eigenvalue weighted by atomic mass is 9.97. The molecule has 1 unspecified atom stereocenters. The van der Waals surface area contributed by atoms with Crippen LogP contribution in [0.15, 0.2) is 0 Å².